The molecule has 0 aliphatic carbocycles. The van der Waals surface area contributed by atoms with E-state index in [1.165, 1.54) is 11.8 Å². The number of aromatic nitrogens is 3. The van der Waals surface area contributed by atoms with Crippen molar-refractivity contribution in [2.45, 2.75) is 32.0 Å². The topological polar surface area (TPSA) is 59.8 Å². The molecule has 0 unspecified atom stereocenters. The summed E-state index contributed by atoms with van der Waals surface area (Å²) in [4.78, 5) is 12.4. The Hall–Kier alpha value is -2.31. The van der Waals surface area contributed by atoms with Crippen LogP contribution in [0.2, 0.25) is 5.02 Å². The summed E-state index contributed by atoms with van der Waals surface area (Å²) < 4.78 is 2.07. The molecule has 0 aliphatic heterocycles. The number of amides is 1. The molecule has 0 spiro atoms. The second kappa shape index (κ2) is 9.06. The minimum absolute atomic E-state index is 0.0994. The minimum Gasteiger partial charge on any atom is -0.325 e. The first-order chi connectivity index (χ1) is 13.1. The largest absolute Gasteiger partial charge is 0.325 e. The molecular formula is C20H21ClN4OS. The number of carbonyl (C=O) groups is 1. The maximum Gasteiger partial charge on any atom is 0.234 e. The highest BCUT2D eigenvalue weighted by Gasteiger charge is 2.15. The van der Waals surface area contributed by atoms with Crippen LogP contribution in [0.4, 0.5) is 5.69 Å². The molecule has 3 aromatic rings. The van der Waals surface area contributed by atoms with Gasteiger partial charge in [0.25, 0.3) is 0 Å². The maximum atomic E-state index is 12.4. The predicted octanol–water partition coefficient (Wildman–Crippen LogP) is 5.05. The minimum atomic E-state index is -0.0994. The van der Waals surface area contributed by atoms with Gasteiger partial charge in [0.1, 0.15) is 0 Å². The van der Waals surface area contributed by atoms with Crippen molar-refractivity contribution >= 4 is 35.0 Å². The first-order valence-electron chi connectivity index (χ1n) is 8.76. The molecule has 0 atom stereocenters. The van der Waals surface area contributed by atoms with E-state index in [-0.39, 0.29) is 11.7 Å². The van der Waals surface area contributed by atoms with Gasteiger partial charge in [-0.2, -0.15) is 0 Å². The summed E-state index contributed by atoms with van der Waals surface area (Å²) >= 11 is 7.40. The van der Waals surface area contributed by atoms with Gasteiger partial charge in [-0.15, -0.1) is 10.2 Å². The lowest BCUT2D eigenvalue weighted by Crippen LogP contribution is -2.15. The third-order valence-corrected chi connectivity index (χ3v) is 5.20. The van der Waals surface area contributed by atoms with Gasteiger partial charge in [0.15, 0.2) is 11.0 Å². The van der Waals surface area contributed by atoms with E-state index < -0.39 is 0 Å². The number of hydrogen-bond acceptors (Lipinski definition) is 4. The molecule has 0 saturated carbocycles. The molecular weight excluding hydrogens is 380 g/mol. The van der Waals surface area contributed by atoms with Crippen LogP contribution in [0.3, 0.4) is 0 Å². The van der Waals surface area contributed by atoms with Crippen LogP contribution in [-0.2, 0) is 11.3 Å². The van der Waals surface area contributed by atoms with Crippen LogP contribution in [0, 0.1) is 6.92 Å². The normalized spacial score (nSPS) is 10.8. The molecule has 140 valence electrons. The summed E-state index contributed by atoms with van der Waals surface area (Å²) in [5.74, 6) is 0.978. The van der Waals surface area contributed by atoms with Crippen molar-refractivity contribution in [3.05, 3.63) is 59.1 Å². The van der Waals surface area contributed by atoms with Gasteiger partial charge in [0, 0.05) is 22.8 Å². The van der Waals surface area contributed by atoms with E-state index in [0.29, 0.717) is 5.02 Å². The number of carbonyl (C=O) groups excluding carboxylic acids is 1. The molecule has 2 aromatic carbocycles. The van der Waals surface area contributed by atoms with Crippen LogP contribution in [0.25, 0.3) is 11.4 Å². The fourth-order valence-electron chi connectivity index (χ4n) is 2.67. The van der Waals surface area contributed by atoms with Crippen molar-refractivity contribution < 1.29 is 4.79 Å². The molecule has 0 fully saturated rings. The highest BCUT2D eigenvalue weighted by Crippen LogP contribution is 2.25. The van der Waals surface area contributed by atoms with Crippen molar-refractivity contribution in [2.24, 2.45) is 0 Å². The second-order valence-electron chi connectivity index (χ2n) is 6.12. The van der Waals surface area contributed by atoms with E-state index in [9.17, 15) is 4.79 Å². The van der Waals surface area contributed by atoms with Crippen LogP contribution in [0.5, 0.6) is 0 Å². The summed E-state index contributed by atoms with van der Waals surface area (Å²) in [5, 5.41) is 12.9. The van der Waals surface area contributed by atoms with E-state index in [2.05, 4.69) is 27.0 Å². The van der Waals surface area contributed by atoms with Crippen molar-refractivity contribution in [1.82, 2.24) is 14.8 Å². The van der Waals surface area contributed by atoms with E-state index in [0.717, 1.165) is 40.8 Å². The number of anilines is 1. The molecule has 7 heteroatoms. The van der Waals surface area contributed by atoms with Gasteiger partial charge >= 0.3 is 0 Å². The zero-order chi connectivity index (χ0) is 19.2. The first kappa shape index (κ1) is 19.5. The van der Waals surface area contributed by atoms with Crippen LogP contribution in [0.15, 0.2) is 53.7 Å². The molecule has 1 N–H and O–H groups in total. The Morgan fingerprint density at radius 2 is 1.96 bits per heavy atom. The van der Waals surface area contributed by atoms with Crippen LogP contribution in [-0.4, -0.2) is 26.4 Å². The molecule has 0 aliphatic rings. The van der Waals surface area contributed by atoms with Gasteiger partial charge in [-0.05, 0) is 31.0 Å². The number of thioether (sulfide) groups is 1. The van der Waals surface area contributed by atoms with Gasteiger partial charge < -0.3 is 9.88 Å². The summed E-state index contributed by atoms with van der Waals surface area (Å²) in [6.07, 6.45) is 0.958. The summed E-state index contributed by atoms with van der Waals surface area (Å²) in [6, 6.07) is 15.4. The van der Waals surface area contributed by atoms with E-state index in [1.54, 1.807) is 12.1 Å². The van der Waals surface area contributed by atoms with E-state index >= 15 is 0 Å². The van der Waals surface area contributed by atoms with E-state index in [1.807, 2.05) is 43.3 Å². The molecule has 1 amide bonds. The Bertz CT molecular complexity index is 927. The molecule has 0 radical (unpaired) electrons. The number of benzene rings is 2. The number of nitrogens with zero attached hydrogens (tertiary/aromatic N) is 3. The SMILES string of the molecule is CCCn1c(SCC(=O)Nc2cc(Cl)ccc2C)nnc1-c1ccccc1. The summed E-state index contributed by atoms with van der Waals surface area (Å²) in [5.41, 5.74) is 2.72. The second-order valence-corrected chi connectivity index (χ2v) is 7.50. The van der Waals surface area contributed by atoms with Crippen LogP contribution < -0.4 is 5.32 Å². The maximum absolute atomic E-state index is 12.4. The van der Waals surface area contributed by atoms with Crippen LogP contribution in [0.1, 0.15) is 18.9 Å². The molecule has 27 heavy (non-hydrogen) atoms. The molecule has 3 rings (SSSR count). The number of halogens is 1. The number of nitrogens with one attached hydrogen (secondary N) is 1. The van der Waals surface area contributed by atoms with Crippen molar-refractivity contribution in [2.75, 3.05) is 11.1 Å². The lowest BCUT2D eigenvalue weighted by molar-refractivity contribution is -0.113. The van der Waals surface area contributed by atoms with E-state index in [4.69, 9.17) is 11.6 Å². The summed E-state index contributed by atoms with van der Waals surface area (Å²) in [7, 11) is 0. The van der Waals surface area contributed by atoms with Gasteiger partial charge in [-0.3, -0.25) is 4.79 Å². The van der Waals surface area contributed by atoms with Gasteiger partial charge in [-0.25, -0.2) is 0 Å². The zero-order valence-corrected chi connectivity index (χ0v) is 16.8. The third-order valence-electron chi connectivity index (χ3n) is 4.00. The Morgan fingerprint density at radius 3 is 2.70 bits per heavy atom. The quantitative estimate of drug-likeness (QED) is 0.564. The first-order valence-corrected chi connectivity index (χ1v) is 10.1. The molecule has 1 aromatic heterocycles. The standard InChI is InChI=1S/C20H21ClN4OS/c1-3-11-25-19(15-7-5-4-6-8-15)23-24-20(25)27-13-18(26)22-17-12-16(21)10-9-14(17)2/h4-10,12H,3,11,13H2,1-2H3,(H,22,26). The monoisotopic (exact) mass is 400 g/mol. The molecule has 1 heterocycles. The highest BCUT2D eigenvalue weighted by molar-refractivity contribution is 7.99. The van der Waals surface area contributed by atoms with Gasteiger partial charge in [0.05, 0.1) is 5.75 Å². The highest BCUT2D eigenvalue weighted by atomic mass is 35.5. The number of rotatable bonds is 7. The molecule has 0 bridgehead atoms. The fourth-order valence-corrected chi connectivity index (χ4v) is 3.60. The Labute approximate surface area is 168 Å². The number of hydrogen-bond donors (Lipinski definition) is 1. The lowest BCUT2D eigenvalue weighted by atomic mass is 10.2. The van der Waals surface area contributed by atoms with Crippen molar-refractivity contribution in [1.29, 1.82) is 0 Å². The average molecular weight is 401 g/mol. The third kappa shape index (κ3) is 4.90. The predicted molar refractivity (Wildman–Crippen MR) is 111 cm³/mol. The smallest absolute Gasteiger partial charge is 0.234 e. The van der Waals surface area contributed by atoms with Crippen LogP contribution >= 0.6 is 23.4 Å². The van der Waals surface area contributed by atoms with Crippen molar-refractivity contribution in [3.8, 4) is 11.4 Å². The van der Waals surface area contributed by atoms with Gasteiger partial charge in [0.2, 0.25) is 5.91 Å². The Balaban J connectivity index is 1.71. The fraction of sp³-hybridized carbons (Fsp3) is 0.250. The zero-order valence-electron chi connectivity index (χ0n) is 15.3. The number of aryl methyl sites for hydroxylation is 1. The lowest BCUT2D eigenvalue weighted by Gasteiger charge is -2.10. The molecule has 5 nitrogen and oxygen atoms in total. The average Bonchev–Trinajstić information content (AvgIpc) is 3.07. The molecule has 0 saturated heterocycles. The summed E-state index contributed by atoms with van der Waals surface area (Å²) in [6.45, 7) is 4.84. The van der Waals surface area contributed by atoms with Gasteiger partial charge in [-0.1, -0.05) is 66.7 Å². The van der Waals surface area contributed by atoms with Crippen molar-refractivity contribution in [3.63, 3.8) is 0 Å². The Kier molecular flexibility index (Phi) is 6.53. The Morgan fingerprint density at radius 1 is 1.19 bits per heavy atom.